The molecule has 4 rings (SSSR count). The summed E-state index contributed by atoms with van der Waals surface area (Å²) in [7, 11) is 0. The summed E-state index contributed by atoms with van der Waals surface area (Å²) < 4.78 is 5.63. The highest BCUT2D eigenvalue weighted by Crippen LogP contribution is 2.44. The summed E-state index contributed by atoms with van der Waals surface area (Å²) >= 11 is 1.44. The van der Waals surface area contributed by atoms with Crippen LogP contribution in [0.2, 0.25) is 0 Å². The molecule has 3 unspecified atom stereocenters. The molecule has 8 heteroatoms. The number of thioether (sulfide) groups is 1. The number of ether oxygens (including phenoxy) is 1. The highest BCUT2D eigenvalue weighted by molar-refractivity contribution is 8.00. The van der Waals surface area contributed by atoms with Crippen molar-refractivity contribution in [2.24, 2.45) is 5.92 Å². The molecule has 180 valence electrons. The quantitative estimate of drug-likeness (QED) is 0.610. The minimum Gasteiger partial charge on any atom is -0.480 e. The number of fused-ring (bicyclic) bond motifs is 3. The molecule has 0 saturated carbocycles. The average Bonchev–Trinajstić information content (AvgIpc) is 3.35. The average molecular weight is 483 g/mol. The topological polar surface area (TPSA) is 95.9 Å². The zero-order chi connectivity index (χ0) is 24.4. The Morgan fingerprint density at radius 1 is 1.09 bits per heavy atom. The Balaban J connectivity index is 1.40. The van der Waals surface area contributed by atoms with Crippen LogP contribution in [-0.4, -0.2) is 57.8 Å². The number of rotatable bonds is 7. The second-order valence-electron chi connectivity index (χ2n) is 9.11. The van der Waals surface area contributed by atoms with Crippen LogP contribution in [0.5, 0.6) is 0 Å². The second kappa shape index (κ2) is 10.1. The van der Waals surface area contributed by atoms with Gasteiger partial charge in [0.05, 0.1) is 5.37 Å². The van der Waals surface area contributed by atoms with E-state index < -0.39 is 24.1 Å². The van der Waals surface area contributed by atoms with E-state index >= 15 is 0 Å². The molecule has 2 amide bonds. The van der Waals surface area contributed by atoms with Gasteiger partial charge in [0.1, 0.15) is 12.6 Å². The standard InChI is InChI=1S/C26H30N2O5S/c1-15(2)22(12-24(29)28-16(3)34-14-23(28)25(30)31)27-26(32)33-13-21-19-10-6-4-8-17(19)18-9-5-7-11-20(18)21/h4-11,15-16,21-23H,12-14H2,1-3H3,(H,27,32)(H,30,31). The molecule has 1 fully saturated rings. The van der Waals surface area contributed by atoms with Gasteiger partial charge in [-0.2, -0.15) is 0 Å². The van der Waals surface area contributed by atoms with E-state index in [2.05, 4.69) is 29.6 Å². The Morgan fingerprint density at radius 3 is 2.24 bits per heavy atom. The zero-order valence-electron chi connectivity index (χ0n) is 19.6. The first kappa shape index (κ1) is 24.1. The van der Waals surface area contributed by atoms with Crippen molar-refractivity contribution < 1.29 is 24.2 Å². The van der Waals surface area contributed by atoms with Gasteiger partial charge in [-0.25, -0.2) is 9.59 Å². The maximum atomic E-state index is 13.0. The first-order chi connectivity index (χ1) is 16.3. The van der Waals surface area contributed by atoms with Gasteiger partial charge < -0.3 is 20.1 Å². The van der Waals surface area contributed by atoms with Crippen molar-refractivity contribution >= 4 is 29.7 Å². The van der Waals surface area contributed by atoms with E-state index in [1.807, 2.05) is 45.0 Å². The van der Waals surface area contributed by atoms with Crippen molar-refractivity contribution in [2.75, 3.05) is 12.4 Å². The lowest BCUT2D eigenvalue weighted by Gasteiger charge is -2.29. The zero-order valence-corrected chi connectivity index (χ0v) is 20.4. The van der Waals surface area contributed by atoms with Crippen LogP contribution in [0.25, 0.3) is 11.1 Å². The lowest BCUT2D eigenvalue weighted by atomic mass is 9.98. The fraction of sp³-hybridized carbons (Fsp3) is 0.423. The SMILES string of the molecule is CC(C)C(CC(=O)N1C(C)SCC1C(=O)O)NC(=O)OCC1c2ccccc2-c2ccccc21. The van der Waals surface area contributed by atoms with Crippen LogP contribution in [0.1, 0.15) is 44.2 Å². The predicted molar refractivity (Wildman–Crippen MR) is 132 cm³/mol. The Morgan fingerprint density at radius 2 is 1.68 bits per heavy atom. The number of carbonyl (C=O) groups excluding carboxylic acids is 2. The number of hydrogen-bond acceptors (Lipinski definition) is 5. The van der Waals surface area contributed by atoms with Crippen LogP contribution in [0, 0.1) is 5.92 Å². The van der Waals surface area contributed by atoms with Crippen molar-refractivity contribution in [1.82, 2.24) is 10.2 Å². The van der Waals surface area contributed by atoms with E-state index in [1.54, 1.807) is 0 Å². The van der Waals surface area contributed by atoms with Crippen LogP contribution >= 0.6 is 11.8 Å². The summed E-state index contributed by atoms with van der Waals surface area (Å²) in [6.07, 6.45) is -0.553. The van der Waals surface area contributed by atoms with Gasteiger partial charge in [-0.3, -0.25) is 4.79 Å². The molecule has 0 aromatic heterocycles. The molecule has 0 radical (unpaired) electrons. The van der Waals surface area contributed by atoms with Crippen molar-refractivity contribution in [3.8, 4) is 11.1 Å². The number of carboxylic acid groups (broad SMARTS) is 1. The number of nitrogens with zero attached hydrogens (tertiary/aromatic N) is 1. The second-order valence-corrected chi connectivity index (χ2v) is 10.5. The van der Waals surface area contributed by atoms with Gasteiger partial charge in [-0.05, 0) is 35.1 Å². The summed E-state index contributed by atoms with van der Waals surface area (Å²) in [5, 5.41) is 12.1. The third-order valence-corrected chi connectivity index (χ3v) is 7.86. The molecule has 1 saturated heterocycles. The number of amides is 2. The molecular formula is C26H30N2O5S. The first-order valence-electron chi connectivity index (χ1n) is 11.5. The van der Waals surface area contributed by atoms with Crippen molar-refractivity contribution in [3.05, 3.63) is 59.7 Å². The predicted octanol–water partition coefficient (Wildman–Crippen LogP) is 4.31. The van der Waals surface area contributed by atoms with Crippen molar-refractivity contribution in [3.63, 3.8) is 0 Å². The molecule has 2 aliphatic rings. The van der Waals surface area contributed by atoms with Gasteiger partial charge in [0, 0.05) is 24.1 Å². The Bertz CT molecular complexity index is 1040. The molecular weight excluding hydrogens is 452 g/mol. The third kappa shape index (κ3) is 4.78. The minimum atomic E-state index is -1.00. The molecule has 7 nitrogen and oxygen atoms in total. The number of alkyl carbamates (subject to hydrolysis) is 1. The van der Waals surface area contributed by atoms with Gasteiger partial charge in [-0.1, -0.05) is 62.4 Å². The Hall–Kier alpha value is -3.00. The lowest BCUT2D eigenvalue weighted by molar-refractivity contribution is -0.149. The number of benzene rings is 2. The van der Waals surface area contributed by atoms with E-state index in [9.17, 15) is 19.5 Å². The van der Waals surface area contributed by atoms with Crippen LogP contribution in [-0.2, 0) is 14.3 Å². The highest BCUT2D eigenvalue weighted by Gasteiger charge is 2.40. The molecule has 34 heavy (non-hydrogen) atoms. The van der Waals surface area contributed by atoms with Crippen molar-refractivity contribution in [1.29, 1.82) is 0 Å². The van der Waals surface area contributed by atoms with Gasteiger partial charge in [0.2, 0.25) is 5.91 Å². The van der Waals surface area contributed by atoms with E-state index in [0.717, 1.165) is 22.3 Å². The molecule has 0 bridgehead atoms. The van der Waals surface area contributed by atoms with Gasteiger partial charge in [-0.15, -0.1) is 11.8 Å². The van der Waals surface area contributed by atoms with E-state index in [1.165, 1.54) is 16.7 Å². The smallest absolute Gasteiger partial charge is 0.407 e. The number of carboxylic acids is 1. The summed E-state index contributed by atoms with van der Waals surface area (Å²) in [4.78, 5) is 38.7. The molecule has 1 heterocycles. The first-order valence-corrected chi connectivity index (χ1v) is 12.6. The molecule has 2 N–H and O–H groups in total. The lowest BCUT2D eigenvalue weighted by Crippen LogP contribution is -2.48. The molecule has 1 aliphatic carbocycles. The number of aliphatic carboxylic acids is 1. The van der Waals surface area contributed by atoms with Gasteiger partial charge in [0.15, 0.2) is 0 Å². The molecule has 0 spiro atoms. The molecule has 3 atom stereocenters. The summed E-state index contributed by atoms with van der Waals surface area (Å²) in [5.41, 5.74) is 4.58. The summed E-state index contributed by atoms with van der Waals surface area (Å²) in [6, 6.07) is 15.0. The van der Waals surface area contributed by atoms with Crippen LogP contribution in [0.4, 0.5) is 4.79 Å². The maximum absolute atomic E-state index is 13.0. The number of nitrogens with one attached hydrogen (secondary N) is 1. The van der Waals surface area contributed by atoms with Crippen LogP contribution in [0.15, 0.2) is 48.5 Å². The fourth-order valence-electron chi connectivity index (χ4n) is 4.75. The normalized spacial score (nSPS) is 20.1. The van der Waals surface area contributed by atoms with Crippen LogP contribution < -0.4 is 5.32 Å². The van der Waals surface area contributed by atoms with Gasteiger partial charge in [0.25, 0.3) is 0 Å². The maximum Gasteiger partial charge on any atom is 0.407 e. The van der Waals surface area contributed by atoms with Crippen molar-refractivity contribution in [2.45, 2.75) is 50.6 Å². The molecule has 1 aliphatic heterocycles. The largest absolute Gasteiger partial charge is 0.480 e. The van der Waals surface area contributed by atoms with Crippen LogP contribution in [0.3, 0.4) is 0 Å². The van der Waals surface area contributed by atoms with Gasteiger partial charge >= 0.3 is 12.1 Å². The Labute approximate surface area is 203 Å². The summed E-state index contributed by atoms with van der Waals surface area (Å²) in [5.74, 6) is -0.985. The molecule has 2 aromatic carbocycles. The molecule has 2 aromatic rings. The van der Waals surface area contributed by atoms with E-state index in [4.69, 9.17) is 4.74 Å². The monoisotopic (exact) mass is 482 g/mol. The van der Waals surface area contributed by atoms with E-state index in [-0.39, 0.29) is 36.1 Å². The highest BCUT2D eigenvalue weighted by atomic mass is 32.2. The third-order valence-electron chi connectivity index (χ3n) is 6.64. The Kier molecular flexibility index (Phi) is 7.16. The minimum absolute atomic E-state index is 0.0243. The fourth-order valence-corrected chi connectivity index (χ4v) is 5.94. The number of carbonyl (C=O) groups is 3. The summed E-state index contributed by atoms with van der Waals surface area (Å²) in [6.45, 7) is 5.85. The van der Waals surface area contributed by atoms with E-state index in [0.29, 0.717) is 5.75 Å². The number of hydrogen-bond donors (Lipinski definition) is 2.